The molecule has 1 N–H and O–H groups in total. The minimum atomic E-state index is -0.150. The van der Waals surface area contributed by atoms with Gasteiger partial charge in [0.05, 0.1) is 0 Å². The number of hydrogen-bond acceptors (Lipinski definition) is 2. The predicted octanol–water partition coefficient (Wildman–Crippen LogP) is 4.74. The molecule has 0 saturated heterocycles. The number of nitrogens with one attached hydrogen (secondary N) is 1. The van der Waals surface area contributed by atoms with Crippen LogP contribution in [0.2, 0.25) is 0 Å². The van der Waals surface area contributed by atoms with Crippen molar-refractivity contribution in [3.8, 4) is 0 Å². The van der Waals surface area contributed by atoms with E-state index in [0.29, 0.717) is 12.8 Å². The third-order valence-electron chi connectivity index (χ3n) is 3.73. The Balaban J connectivity index is 3.02. The zero-order valence-electron chi connectivity index (χ0n) is 13.3. The number of imide groups is 1. The summed E-state index contributed by atoms with van der Waals surface area (Å²) in [5.74, 6) is -0.150. The zero-order chi connectivity index (χ0) is 14.9. The molecule has 118 valence electrons. The molecule has 0 heterocycles. The van der Waals surface area contributed by atoms with E-state index in [9.17, 15) is 9.59 Å². The molecule has 0 spiro atoms. The van der Waals surface area contributed by atoms with E-state index in [1.165, 1.54) is 70.6 Å². The average molecular weight is 283 g/mol. The summed E-state index contributed by atoms with van der Waals surface area (Å²) < 4.78 is 0. The highest BCUT2D eigenvalue weighted by Gasteiger charge is 1.99. The Bertz CT molecular complexity index is 229. The summed E-state index contributed by atoms with van der Waals surface area (Å²) in [6, 6.07) is 0. The largest absolute Gasteiger partial charge is 0.299 e. The molecule has 3 heteroatoms. The Kier molecular flexibility index (Phi) is 15.5. The van der Waals surface area contributed by atoms with E-state index in [4.69, 9.17) is 0 Å². The van der Waals surface area contributed by atoms with Crippen molar-refractivity contribution >= 4 is 12.3 Å². The standard InChI is InChI=1S/C17H33NO2/c1-2-3-4-5-6-7-8-9-10-11-12-13-14-15-17(20)18-16-19/h16H,2-15H2,1H3,(H,18,19,20). The van der Waals surface area contributed by atoms with Crippen molar-refractivity contribution in [2.75, 3.05) is 0 Å². The Morgan fingerprint density at radius 2 is 1.15 bits per heavy atom. The van der Waals surface area contributed by atoms with Crippen molar-refractivity contribution in [1.29, 1.82) is 0 Å². The molecule has 0 saturated carbocycles. The maximum Gasteiger partial charge on any atom is 0.226 e. The first-order valence-corrected chi connectivity index (χ1v) is 8.54. The lowest BCUT2D eigenvalue weighted by atomic mass is 10.0. The number of amides is 2. The van der Waals surface area contributed by atoms with Crippen LogP contribution in [0.3, 0.4) is 0 Å². The van der Waals surface area contributed by atoms with E-state index in [1.54, 1.807) is 0 Å². The fourth-order valence-corrected chi connectivity index (χ4v) is 2.44. The highest BCUT2D eigenvalue weighted by atomic mass is 16.2. The molecule has 0 aromatic rings. The summed E-state index contributed by atoms with van der Waals surface area (Å²) >= 11 is 0. The predicted molar refractivity (Wildman–Crippen MR) is 84.5 cm³/mol. The fourth-order valence-electron chi connectivity index (χ4n) is 2.44. The maximum atomic E-state index is 11.0. The first-order chi connectivity index (χ1) is 9.81. The smallest absolute Gasteiger partial charge is 0.226 e. The normalized spacial score (nSPS) is 10.4. The van der Waals surface area contributed by atoms with Crippen LogP contribution >= 0.6 is 0 Å². The summed E-state index contributed by atoms with van der Waals surface area (Å²) in [6.07, 6.45) is 17.9. The van der Waals surface area contributed by atoms with Crippen LogP contribution in [0.5, 0.6) is 0 Å². The van der Waals surface area contributed by atoms with Crippen LogP contribution in [-0.2, 0) is 9.59 Å². The Labute approximate surface area is 124 Å². The summed E-state index contributed by atoms with van der Waals surface area (Å²) in [6.45, 7) is 2.26. The Morgan fingerprint density at radius 3 is 1.55 bits per heavy atom. The van der Waals surface area contributed by atoms with Crippen LogP contribution in [0.15, 0.2) is 0 Å². The van der Waals surface area contributed by atoms with Crippen molar-refractivity contribution in [3.63, 3.8) is 0 Å². The van der Waals surface area contributed by atoms with Gasteiger partial charge in [-0.3, -0.25) is 14.9 Å². The SMILES string of the molecule is CCCCCCCCCCCCCCCC(=O)NC=O. The Hall–Kier alpha value is -0.860. The maximum absolute atomic E-state index is 11.0. The van der Waals surface area contributed by atoms with Gasteiger partial charge in [0.1, 0.15) is 0 Å². The quantitative estimate of drug-likeness (QED) is 0.348. The molecule has 0 aliphatic carbocycles. The molecule has 0 rings (SSSR count). The van der Waals surface area contributed by atoms with Crippen LogP contribution in [-0.4, -0.2) is 12.3 Å². The van der Waals surface area contributed by atoms with E-state index >= 15 is 0 Å². The van der Waals surface area contributed by atoms with Crippen molar-refractivity contribution in [3.05, 3.63) is 0 Å². The summed E-state index contributed by atoms with van der Waals surface area (Å²) in [4.78, 5) is 21.0. The molecule has 0 aliphatic heterocycles. The molecule has 0 fully saturated rings. The summed E-state index contributed by atoms with van der Waals surface area (Å²) in [7, 11) is 0. The molecule has 0 aliphatic rings. The van der Waals surface area contributed by atoms with Gasteiger partial charge in [-0.2, -0.15) is 0 Å². The lowest BCUT2D eigenvalue weighted by Crippen LogP contribution is -2.20. The van der Waals surface area contributed by atoms with Gasteiger partial charge in [-0.05, 0) is 6.42 Å². The van der Waals surface area contributed by atoms with Gasteiger partial charge in [0.2, 0.25) is 12.3 Å². The first-order valence-electron chi connectivity index (χ1n) is 8.54. The van der Waals surface area contributed by atoms with Crippen molar-refractivity contribution in [1.82, 2.24) is 5.32 Å². The van der Waals surface area contributed by atoms with Gasteiger partial charge in [-0.25, -0.2) is 0 Å². The van der Waals surface area contributed by atoms with Crippen LogP contribution < -0.4 is 5.32 Å². The second-order valence-electron chi connectivity index (χ2n) is 5.68. The third kappa shape index (κ3) is 15.2. The van der Waals surface area contributed by atoms with Gasteiger partial charge in [-0.1, -0.05) is 84.0 Å². The highest BCUT2D eigenvalue weighted by Crippen LogP contribution is 2.12. The van der Waals surface area contributed by atoms with Crippen LogP contribution in [0, 0.1) is 0 Å². The minimum Gasteiger partial charge on any atom is -0.299 e. The van der Waals surface area contributed by atoms with E-state index in [-0.39, 0.29) is 5.91 Å². The van der Waals surface area contributed by atoms with E-state index < -0.39 is 0 Å². The topological polar surface area (TPSA) is 46.2 Å². The highest BCUT2D eigenvalue weighted by molar-refractivity contribution is 5.85. The number of carbonyl (C=O) groups excluding carboxylic acids is 2. The van der Waals surface area contributed by atoms with Crippen LogP contribution in [0.4, 0.5) is 0 Å². The molecule has 0 unspecified atom stereocenters. The summed E-state index contributed by atoms with van der Waals surface area (Å²) in [5.41, 5.74) is 0. The van der Waals surface area contributed by atoms with Gasteiger partial charge in [0.15, 0.2) is 0 Å². The average Bonchev–Trinajstić information content (AvgIpc) is 2.44. The van der Waals surface area contributed by atoms with Gasteiger partial charge in [0, 0.05) is 6.42 Å². The molecule has 0 bridgehead atoms. The molecular formula is C17H33NO2. The minimum absolute atomic E-state index is 0.150. The number of hydrogen-bond donors (Lipinski definition) is 1. The number of carbonyl (C=O) groups is 2. The van der Waals surface area contributed by atoms with Crippen molar-refractivity contribution in [2.45, 2.75) is 96.8 Å². The molecule has 0 radical (unpaired) electrons. The zero-order valence-corrected chi connectivity index (χ0v) is 13.3. The summed E-state index contributed by atoms with van der Waals surface area (Å²) in [5, 5.41) is 2.17. The molecule has 0 aromatic carbocycles. The monoisotopic (exact) mass is 283 g/mol. The van der Waals surface area contributed by atoms with Crippen LogP contribution in [0.1, 0.15) is 96.8 Å². The second kappa shape index (κ2) is 16.2. The van der Waals surface area contributed by atoms with Gasteiger partial charge < -0.3 is 0 Å². The second-order valence-corrected chi connectivity index (χ2v) is 5.68. The third-order valence-corrected chi connectivity index (χ3v) is 3.73. The number of unbranched alkanes of at least 4 members (excludes halogenated alkanes) is 12. The van der Waals surface area contributed by atoms with Crippen molar-refractivity contribution in [2.24, 2.45) is 0 Å². The molecular weight excluding hydrogens is 250 g/mol. The Morgan fingerprint density at radius 1 is 0.750 bits per heavy atom. The molecule has 3 nitrogen and oxygen atoms in total. The van der Waals surface area contributed by atoms with Crippen LogP contribution in [0.25, 0.3) is 0 Å². The molecule has 2 amide bonds. The van der Waals surface area contributed by atoms with Gasteiger partial charge in [-0.15, -0.1) is 0 Å². The van der Waals surface area contributed by atoms with E-state index in [0.717, 1.165) is 12.8 Å². The van der Waals surface area contributed by atoms with Gasteiger partial charge in [0.25, 0.3) is 0 Å². The van der Waals surface area contributed by atoms with E-state index in [2.05, 4.69) is 12.2 Å². The van der Waals surface area contributed by atoms with Crippen molar-refractivity contribution < 1.29 is 9.59 Å². The lowest BCUT2D eigenvalue weighted by Gasteiger charge is -2.03. The number of rotatable bonds is 15. The first kappa shape index (κ1) is 19.1. The lowest BCUT2D eigenvalue weighted by molar-refractivity contribution is -0.125. The van der Waals surface area contributed by atoms with E-state index in [1.807, 2.05) is 0 Å². The van der Waals surface area contributed by atoms with Gasteiger partial charge >= 0.3 is 0 Å². The molecule has 0 atom stereocenters. The molecule has 20 heavy (non-hydrogen) atoms. The fraction of sp³-hybridized carbons (Fsp3) is 0.882. The molecule has 0 aromatic heterocycles.